The van der Waals surface area contributed by atoms with Crippen molar-refractivity contribution >= 4 is 47.2 Å². The molecule has 6 atom stereocenters. The largest absolute Gasteiger partial charge is 0.453 e. The van der Waals surface area contributed by atoms with Crippen LogP contribution >= 0.6 is 11.8 Å². The summed E-state index contributed by atoms with van der Waals surface area (Å²) in [6, 6.07) is 14.7. The molecule has 7 rings (SSSR count). The number of hydrogen-bond acceptors (Lipinski definition) is 12. The molecule has 17 heteroatoms. The molecule has 0 bridgehead atoms. The summed E-state index contributed by atoms with van der Waals surface area (Å²) in [6.45, 7) is 9.32. The van der Waals surface area contributed by atoms with E-state index in [1.165, 1.54) is 14.2 Å². The number of methoxy groups -OCH3 is 2. The van der Waals surface area contributed by atoms with E-state index >= 15 is 0 Å². The highest BCUT2D eigenvalue weighted by atomic mass is 32.2. The number of aliphatic imine (C=N–C) groups is 2. The third-order valence-electron chi connectivity index (χ3n) is 12.1. The van der Waals surface area contributed by atoms with E-state index in [1.54, 1.807) is 18.0 Å². The number of rotatable bonds is 13. The van der Waals surface area contributed by atoms with Crippen molar-refractivity contribution in [2.24, 2.45) is 27.6 Å². The summed E-state index contributed by atoms with van der Waals surface area (Å²) in [5.74, 6) is 6.59. The molecule has 0 saturated carbocycles. The smallest absolute Gasteiger partial charge is 0.407 e. The highest BCUT2D eigenvalue weighted by molar-refractivity contribution is 8.02. The third-order valence-corrected chi connectivity index (χ3v) is 13.0. The van der Waals surface area contributed by atoms with Crippen molar-refractivity contribution in [1.29, 1.82) is 0 Å². The number of ether oxygens (including phenoxy) is 2. The molecule has 338 valence electrons. The molecule has 4 aliphatic heterocycles. The maximum atomic E-state index is 13.6. The van der Waals surface area contributed by atoms with Crippen LogP contribution in [-0.4, -0.2) is 124 Å². The number of nitrogens with zero attached hydrogens (tertiary/aromatic N) is 6. The summed E-state index contributed by atoms with van der Waals surface area (Å²) in [5.41, 5.74) is 12.3. The number of imidazole rings is 1. The minimum atomic E-state index is -0.700. The molecule has 4 amide bonds. The SMILES string of the molecule is COC(=O)NC(C(=O)N1CCCC1CN=C(C#Cc1ccc(C2C(c3ccc(-c4cnc(C5CCCN5C(=O)C(NC(=O)OC)C(C)C)[nH]4)cc3)=NC3SC=CN32)cc1)CN)C(C)C. The van der Waals surface area contributed by atoms with Gasteiger partial charge in [-0.25, -0.2) is 14.6 Å². The lowest BCUT2D eigenvalue weighted by atomic mass is 9.95. The molecule has 4 aliphatic rings. The van der Waals surface area contributed by atoms with Crippen molar-refractivity contribution in [1.82, 2.24) is 35.3 Å². The van der Waals surface area contributed by atoms with E-state index in [9.17, 15) is 19.2 Å². The fourth-order valence-corrected chi connectivity index (χ4v) is 9.51. The van der Waals surface area contributed by atoms with Gasteiger partial charge >= 0.3 is 12.2 Å². The summed E-state index contributed by atoms with van der Waals surface area (Å²) in [6.07, 6.45) is 5.91. The molecule has 0 aliphatic carbocycles. The minimum absolute atomic E-state index is 0.0562. The van der Waals surface area contributed by atoms with E-state index in [-0.39, 0.29) is 53.8 Å². The molecule has 2 saturated heterocycles. The topological polar surface area (TPSA) is 200 Å². The van der Waals surface area contributed by atoms with Gasteiger partial charge in [-0.05, 0) is 77.7 Å². The summed E-state index contributed by atoms with van der Waals surface area (Å²) in [5, 5.41) is 7.46. The van der Waals surface area contributed by atoms with Gasteiger partial charge in [0.25, 0.3) is 0 Å². The normalized spacial score (nSPS) is 21.4. The van der Waals surface area contributed by atoms with Crippen molar-refractivity contribution in [3.8, 4) is 23.1 Å². The number of carbonyl (C=O) groups is 4. The van der Waals surface area contributed by atoms with Crippen molar-refractivity contribution in [3.63, 3.8) is 0 Å². The number of fused-ring (bicyclic) bond motifs is 1. The lowest BCUT2D eigenvalue weighted by Gasteiger charge is -2.30. The first kappa shape index (κ1) is 45.9. The van der Waals surface area contributed by atoms with Gasteiger partial charge in [-0.3, -0.25) is 19.6 Å². The number of thioether (sulfide) groups is 1. The number of hydrogen-bond donors (Lipinski definition) is 4. The van der Waals surface area contributed by atoms with E-state index in [0.717, 1.165) is 59.3 Å². The van der Waals surface area contributed by atoms with E-state index < -0.39 is 24.3 Å². The first-order chi connectivity index (χ1) is 30.9. The molecule has 1 aromatic heterocycles. The molecular formula is C47H58N10O6S. The summed E-state index contributed by atoms with van der Waals surface area (Å²) in [7, 11) is 2.57. The van der Waals surface area contributed by atoms with Gasteiger partial charge < -0.3 is 45.5 Å². The summed E-state index contributed by atoms with van der Waals surface area (Å²) >= 11 is 1.67. The third kappa shape index (κ3) is 10.1. The Kier molecular flexibility index (Phi) is 14.8. The van der Waals surface area contributed by atoms with Crippen LogP contribution in [0.2, 0.25) is 0 Å². The fraction of sp³-hybridized carbons (Fsp3) is 0.468. The second-order valence-corrected chi connectivity index (χ2v) is 17.9. The van der Waals surface area contributed by atoms with Gasteiger partial charge in [-0.15, -0.1) is 0 Å². The number of amides is 4. The Labute approximate surface area is 378 Å². The first-order valence-corrected chi connectivity index (χ1v) is 22.8. The van der Waals surface area contributed by atoms with Crippen LogP contribution in [0.3, 0.4) is 0 Å². The van der Waals surface area contributed by atoms with Gasteiger partial charge in [0, 0.05) is 31.4 Å². The van der Waals surface area contributed by atoms with Crippen LogP contribution in [0.15, 0.2) is 76.3 Å². The summed E-state index contributed by atoms with van der Waals surface area (Å²) < 4.78 is 9.53. The summed E-state index contributed by atoms with van der Waals surface area (Å²) in [4.78, 5) is 75.0. The fourth-order valence-electron chi connectivity index (χ4n) is 8.65. The molecule has 64 heavy (non-hydrogen) atoms. The van der Waals surface area contributed by atoms with E-state index in [0.29, 0.717) is 31.2 Å². The van der Waals surface area contributed by atoms with Gasteiger partial charge in [0.1, 0.15) is 17.9 Å². The highest BCUT2D eigenvalue weighted by Gasteiger charge is 2.40. The number of likely N-dealkylation sites (tertiary alicyclic amines) is 2. The van der Waals surface area contributed by atoms with Gasteiger partial charge in [-0.2, -0.15) is 0 Å². The zero-order valence-corrected chi connectivity index (χ0v) is 38.1. The number of aromatic amines is 1. The van der Waals surface area contributed by atoms with Crippen molar-refractivity contribution < 1.29 is 28.7 Å². The standard InChI is InChI=1S/C47H58N10O6S/c1-28(2)38(53-46(60)62-5)43(58)55-21-7-9-35(55)26-49-34(25-48)20-13-30-11-14-33(15-12-30)41-40(52-45-57(41)23-24-64-45)32-18-16-31(17-19-32)36-27-50-42(51-36)37-10-8-22-56(37)44(59)39(29(3)4)54-47(61)63-6/h11-12,14-19,23-24,27-29,35,37-39,41,45H,7-10,21-22,25-26,48H2,1-6H3,(H,50,51)(H,53,60)(H,54,61). The molecule has 5 heterocycles. The Balaban J connectivity index is 1.01. The van der Waals surface area contributed by atoms with Crippen LogP contribution < -0.4 is 16.4 Å². The van der Waals surface area contributed by atoms with Crippen LogP contribution in [0.1, 0.15) is 88.0 Å². The molecule has 0 radical (unpaired) electrons. The van der Waals surface area contributed by atoms with Crippen molar-refractivity contribution in [2.75, 3.05) is 40.4 Å². The van der Waals surface area contributed by atoms with E-state index in [4.69, 9.17) is 30.2 Å². The molecule has 2 aromatic carbocycles. The predicted octanol–water partition coefficient (Wildman–Crippen LogP) is 5.59. The Morgan fingerprint density at radius 3 is 2.16 bits per heavy atom. The molecule has 5 N–H and O–H groups in total. The Bertz CT molecular complexity index is 2330. The quantitative estimate of drug-likeness (QED) is 0.124. The van der Waals surface area contributed by atoms with Crippen molar-refractivity contribution in [2.45, 2.75) is 89.1 Å². The number of benzene rings is 2. The molecule has 16 nitrogen and oxygen atoms in total. The van der Waals surface area contributed by atoms with Crippen LogP contribution in [0.4, 0.5) is 9.59 Å². The Morgan fingerprint density at radius 2 is 1.52 bits per heavy atom. The molecule has 3 aromatic rings. The molecule has 6 unspecified atom stereocenters. The second kappa shape index (κ2) is 20.6. The van der Waals surface area contributed by atoms with Crippen LogP contribution in [0.5, 0.6) is 0 Å². The minimum Gasteiger partial charge on any atom is -0.453 e. The molecule has 2 fully saturated rings. The Hall–Kier alpha value is -6.12. The number of H-pyrrole nitrogens is 1. The molecular weight excluding hydrogens is 833 g/mol. The first-order valence-electron chi connectivity index (χ1n) is 21.9. The second-order valence-electron chi connectivity index (χ2n) is 17.0. The van der Waals surface area contributed by atoms with Crippen LogP contribution in [0.25, 0.3) is 11.3 Å². The Morgan fingerprint density at radius 1 is 0.891 bits per heavy atom. The average Bonchev–Trinajstić information content (AvgIpc) is 4.16. The predicted molar refractivity (Wildman–Crippen MR) is 247 cm³/mol. The van der Waals surface area contributed by atoms with E-state index in [2.05, 4.69) is 80.4 Å². The monoisotopic (exact) mass is 890 g/mol. The molecule has 0 spiro atoms. The van der Waals surface area contributed by atoms with Gasteiger partial charge in [-0.1, -0.05) is 81.8 Å². The zero-order valence-electron chi connectivity index (χ0n) is 37.2. The number of alkyl carbamates (subject to hydrolysis) is 2. The number of aromatic nitrogens is 2. The number of nitrogens with one attached hydrogen (secondary N) is 3. The van der Waals surface area contributed by atoms with Gasteiger partial charge in [0.05, 0.1) is 62.2 Å². The number of nitrogens with two attached hydrogens (primary N) is 1. The van der Waals surface area contributed by atoms with Gasteiger partial charge in [0.2, 0.25) is 11.8 Å². The van der Waals surface area contributed by atoms with E-state index in [1.807, 2.05) is 49.6 Å². The maximum absolute atomic E-state index is 13.6. The lowest BCUT2D eigenvalue weighted by Crippen LogP contribution is -2.53. The average molecular weight is 891 g/mol. The zero-order chi connectivity index (χ0) is 45.5. The van der Waals surface area contributed by atoms with Crippen LogP contribution in [-0.2, 0) is 19.1 Å². The number of carbonyl (C=O) groups excluding carboxylic acids is 4. The lowest BCUT2D eigenvalue weighted by molar-refractivity contribution is -0.136. The van der Waals surface area contributed by atoms with Crippen molar-refractivity contribution in [3.05, 3.63) is 88.9 Å². The van der Waals surface area contributed by atoms with Crippen LogP contribution in [0, 0.1) is 23.7 Å². The maximum Gasteiger partial charge on any atom is 0.407 e. The highest BCUT2D eigenvalue weighted by Crippen LogP contribution is 2.42. The van der Waals surface area contributed by atoms with Gasteiger partial charge in [0.15, 0.2) is 5.50 Å².